The van der Waals surface area contributed by atoms with Crippen LogP contribution < -0.4 is 10.6 Å². The monoisotopic (exact) mass is 482 g/mol. The highest BCUT2D eigenvalue weighted by Crippen LogP contribution is 2.30. The van der Waals surface area contributed by atoms with E-state index in [2.05, 4.69) is 32.7 Å². The van der Waals surface area contributed by atoms with Crippen molar-refractivity contribution in [3.05, 3.63) is 59.5 Å². The topological polar surface area (TPSA) is 84.0 Å². The molecule has 2 N–H and O–H groups in total. The Kier molecular flexibility index (Phi) is 7.51. The van der Waals surface area contributed by atoms with E-state index in [1.165, 1.54) is 35.6 Å². The van der Waals surface area contributed by atoms with Crippen LogP contribution in [0, 0.1) is 0 Å². The summed E-state index contributed by atoms with van der Waals surface area (Å²) in [6, 6.07) is 16.2. The molecule has 0 aliphatic heterocycles. The van der Waals surface area contributed by atoms with Crippen molar-refractivity contribution in [2.75, 3.05) is 17.6 Å². The van der Waals surface area contributed by atoms with E-state index in [1.807, 2.05) is 41.8 Å². The van der Waals surface area contributed by atoms with E-state index in [-0.39, 0.29) is 11.8 Å². The minimum Gasteiger partial charge on any atom is -0.356 e. The molecule has 32 heavy (non-hydrogen) atoms. The molecule has 0 atom stereocenters. The van der Waals surface area contributed by atoms with Gasteiger partial charge < -0.3 is 10.6 Å². The van der Waals surface area contributed by atoms with Crippen LogP contribution in [-0.2, 0) is 16.0 Å². The van der Waals surface area contributed by atoms with Crippen molar-refractivity contribution in [3.63, 3.8) is 0 Å². The normalized spacial score (nSPS) is 10.9. The van der Waals surface area contributed by atoms with Crippen LogP contribution in [0.25, 0.3) is 21.5 Å². The highest BCUT2D eigenvalue weighted by atomic mass is 32.2. The molecule has 2 heterocycles. The number of carbonyl (C=O) groups excluding carboxylic acids is 2. The fraction of sp³-hybridized carbons (Fsp3) is 0.217. The van der Waals surface area contributed by atoms with Crippen LogP contribution in [0.3, 0.4) is 0 Å². The van der Waals surface area contributed by atoms with Crippen molar-refractivity contribution in [1.82, 2.24) is 15.3 Å². The molecule has 4 aromatic rings. The molecule has 2 amide bonds. The first-order chi connectivity index (χ1) is 15.6. The third-order valence-corrected chi connectivity index (χ3v) is 7.55. The van der Waals surface area contributed by atoms with Crippen LogP contribution in [-0.4, -0.2) is 34.1 Å². The second kappa shape index (κ2) is 10.7. The predicted octanol–water partition coefficient (Wildman–Crippen LogP) is 5.22. The number of amides is 2. The lowest BCUT2D eigenvalue weighted by molar-refractivity contribution is -0.119. The number of hydrogen-bond donors (Lipinski definition) is 2. The van der Waals surface area contributed by atoms with E-state index in [1.54, 1.807) is 11.3 Å². The zero-order valence-corrected chi connectivity index (χ0v) is 19.9. The quantitative estimate of drug-likeness (QED) is 0.252. The molecule has 2 aromatic heterocycles. The lowest BCUT2D eigenvalue weighted by Crippen LogP contribution is -2.21. The molecule has 4 rings (SSSR count). The van der Waals surface area contributed by atoms with Gasteiger partial charge in [0.25, 0.3) is 0 Å². The molecule has 0 aliphatic rings. The predicted molar refractivity (Wildman–Crippen MR) is 134 cm³/mol. The van der Waals surface area contributed by atoms with Gasteiger partial charge in [0.2, 0.25) is 11.8 Å². The fourth-order valence-electron chi connectivity index (χ4n) is 3.06. The maximum Gasteiger partial charge on any atom is 0.236 e. The van der Waals surface area contributed by atoms with Gasteiger partial charge in [0.05, 0.1) is 21.7 Å². The average Bonchev–Trinajstić information content (AvgIpc) is 3.42. The van der Waals surface area contributed by atoms with E-state index >= 15 is 0 Å². The molecule has 2 aromatic carbocycles. The van der Waals surface area contributed by atoms with Gasteiger partial charge in [-0.3, -0.25) is 9.59 Å². The molecule has 0 spiro atoms. The van der Waals surface area contributed by atoms with Gasteiger partial charge in [0, 0.05) is 24.4 Å². The molecule has 9 heteroatoms. The molecule has 0 fully saturated rings. The summed E-state index contributed by atoms with van der Waals surface area (Å²) in [6.07, 6.45) is 1.81. The van der Waals surface area contributed by atoms with Crippen molar-refractivity contribution in [2.45, 2.75) is 24.1 Å². The molecular weight excluding hydrogens is 460 g/mol. The number of carbonyl (C=O) groups is 2. The number of anilines is 1. The number of benzene rings is 2. The molecular formula is C23H22N4O2S3. The lowest BCUT2D eigenvalue weighted by atomic mass is 10.1. The van der Waals surface area contributed by atoms with Gasteiger partial charge in [-0.15, -0.1) is 22.7 Å². The number of rotatable bonds is 9. The SMILES string of the molecule is CC(=O)NCCCc1ccc(-c2csc(NC(=O)CSc3nc4ccccc4s3)n2)cc1. The Labute approximate surface area is 198 Å². The maximum absolute atomic E-state index is 12.3. The summed E-state index contributed by atoms with van der Waals surface area (Å²) < 4.78 is 2.01. The second-order valence-corrected chi connectivity index (χ2v) is 10.2. The zero-order chi connectivity index (χ0) is 22.3. The van der Waals surface area contributed by atoms with Crippen molar-refractivity contribution < 1.29 is 9.59 Å². The molecule has 0 aliphatic carbocycles. The lowest BCUT2D eigenvalue weighted by Gasteiger charge is -2.04. The molecule has 6 nitrogen and oxygen atoms in total. The fourth-order valence-corrected chi connectivity index (χ4v) is 5.66. The number of fused-ring (bicyclic) bond motifs is 1. The summed E-state index contributed by atoms with van der Waals surface area (Å²) in [5.41, 5.74) is 4.03. The van der Waals surface area contributed by atoms with Crippen molar-refractivity contribution in [3.8, 4) is 11.3 Å². The maximum atomic E-state index is 12.3. The summed E-state index contributed by atoms with van der Waals surface area (Å²) in [5.74, 6) is 0.203. The summed E-state index contributed by atoms with van der Waals surface area (Å²) in [4.78, 5) is 32.4. The highest BCUT2D eigenvalue weighted by Gasteiger charge is 2.11. The van der Waals surface area contributed by atoms with E-state index in [4.69, 9.17) is 0 Å². The Morgan fingerprint density at radius 1 is 1.06 bits per heavy atom. The first-order valence-electron chi connectivity index (χ1n) is 10.1. The van der Waals surface area contributed by atoms with Crippen LogP contribution in [0.5, 0.6) is 0 Å². The van der Waals surface area contributed by atoms with Gasteiger partial charge >= 0.3 is 0 Å². The number of nitrogens with zero attached hydrogens (tertiary/aromatic N) is 2. The number of thiazole rings is 2. The first-order valence-corrected chi connectivity index (χ1v) is 12.8. The minimum atomic E-state index is -0.0929. The van der Waals surface area contributed by atoms with Crippen LogP contribution in [0.2, 0.25) is 0 Å². The second-order valence-electron chi connectivity index (χ2n) is 7.11. The number of hydrogen-bond acceptors (Lipinski definition) is 7. The average molecular weight is 483 g/mol. The summed E-state index contributed by atoms with van der Waals surface area (Å²) in [6.45, 7) is 2.21. The van der Waals surface area contributed by atoms with Crippen molar-refractivity contribution in [2.24, 2.45) is 0 Å². The summed E-state index contributed by atoms with van der Waals surface area (Å²) in [5, 5.41) is 8.23. The summed E-state index contributed by atoms with van der Waals surface area (Å²) >= 11 is 4.45. The van der Waals surface area contributed by atoms with Gasteiger partial charge in [-0.25, -0.2) is 9.97 Å². The smallest absolute Gasteiger partial charge is 0.236 e. The standard InChI is InChI=1S/C23H22N4O2S3/c1-15(28)24-12-4-5-16-8-10-17(11-9-16)19-13-30-22(25-19)27-21(29)14-31-23-26-18-6-2-3-7-20(18)32-23/h2-3,6-11,13H,4-5,12,14H2,1H3,(H,24,28)(H,25,27,29). The van der Waals surface area contributed by atoms with E-state index < -0.39 is 0 Å². The number of nitrogens with one attached hydrogen (secondary N) is 2. The molecule has 164 valence electrons. The Morgan fingerprint density at radius 2 is 1.88 bits per heavy atom. The Hall–Kier alpha value is -2.75. The van der Waals surface area contributed by atoms with Gasteiger partial charge in [-0.1, -0.05) is 48.2 Å². The van der Waals surface area contributed by atoms with E-state index in [0.717, 1.165) is 38.7 Å². The molecule has 0 bridgehead atoms. The van der Waals surface area contributed by atoms with Gasteiger partial charge in [-0.2, -0.15) is 0 Å². The number of thioether (sulfide) groups is 1. The minimum absolute atomic E-state index is 0.00196. The van der Waals surface area contributed by atoms with Gasteiger partial charge in [-0.05, 0) is 30.5 Å². The van der Waals surface area contributed by atoms with Crippen LogP contribution >= 0.6 is 34.4 Å². The Bertz CT molecular complexity index is 1180. The number of para-hydroxylation sites is 1. The van der Waals surface area contributed by atoms with Crippen molar-refractivity contribution >= 4 is 61.6 Å². The molecule has 0 radical (unpaired) electrons. The van der Waals surface area contributed by atoms with Crippen LogP contribution in [0.15, 0.2) is 58.3 Å². The third kappa shape index (κ3) is 6.15. The van der Waals surface area contributed by atoms with Gasteiger partial charge in [0.15, 0.2) is 9.47 Å². The molecule has 0 unspecified atom stereocenters. The number of aryl methyl sites for hydroxylation is 1. The zero-order valence-electron chi connectivity index (χ0n) is 17.5. The summed E-state index contributed by atoms with van der Waals surface area (Å²) in [7, 11) is 0. The Balaban J connectivity index is 1.27. The third-order valence-electron chi connectivity index (χ3n) is 4.62. The molecule has 0 saturated heterocycles. The van der Waals surface area contributed by atoms with Crippen molar-refractivity contribution in [1.29, 1.82) is 0 Å². The Morgan fingerprint density at radius 3 is 2.66 bits per heavy atom. The largest absolute Gasteiger partial charge is 0.356 e. The van der Waals surface area contributed by atoms with E-state index in [9.17, 15) is 9.59 Å². The van der Waals surface area contributed by atoms with Crippen LogP contribution in [0.4, 0.5) is 5.13 Å². The number of aromatic nitrogens is 2. The van der Waals surface area contributed by atoms with Crippen LogP contribution in [0.1, 0.15) is 18.9 Å². The van der Waals surface area contributed by atoms with E-state index in [0.29, 0.717) is 17.4 Å². The first kappa shape index (κ1) is 22.4. The highest BCUT2D eigenvalue weighted by molar-refractivity contribution is 8.01. The van der Waals surface area contributed by atoms with Gasteiger partial charge in [0.1, 0.15) is 0 Å². The molecule has 0 saturated carbocycles.